The third-order valence-corrected chi connectivity index (χ3v) is 1.00. The molecule has 0 aliphatic rings. The maximum absolute atomic E-state index is 11.5. The number of alkyl halides is 3. The summed E-state index contributed by atoms with van der Waals surface area (Å²) >= 11 is 0. The molecule has 0 radical (unpaired) electrons. The van der Waals surface area contributed by atoms with Gasteiger partial charge in [-0.05, 0) is 12.5 Å². The van der Waals surface area contributed by atoms with E-state index in [1.807, 2.05) is 0 Å². The molecule has 0 rings (SSSR count). The first-order valence-corrected chi connectivity index (χ1v) is 3.05. The van der Waals surface area contributed by atoms with Crippen molar-refractivity contribution in [3.05, 3.63) is 11.8 Å². The summed E-state index contributed by atoms with van der Waals surface area (Å²) in [4.78, 5) is 9.79. The van der Waals surface area contributed by atoms with Gasteiger partial charge in [0, 0.05) is 12.1 Å². The lowest BCUT2D eigenvalue weighted by molar-refractivity contribution is -0.297. The van der Waals surface area contributed by atoms with Crippen LogP contribution in [0.1, 0.15) is 12.8 Å². The zero-order valence-electron chi connectivity index (χ0n) is 6.02. The summed E-state index contributed by atoms with van der Waals surface area (Å²) in [5.74, 6) is -1.59. The molecule has 0 aliphatic carbocycles. The van der Waals surface area contributed by atoms with Crippen LogP contribution >= 0.6 is 0 Å². The molecule has 0 aromatic rings. The molecule has 0 heterocycles. The highest BCUT2D eigenvalue weighted by atomic mass is 19.4. The van der Waals surface area contributed by atoms with Gasteiger partial charge in [0.25, 0.3) is 0 Å². The summed E-state index contributed by atoms with van der Waals surface area (Å²) < 4.78 is 34.5. The number of hydrogen-bond acceptors (Lipinski definition) is 3. The van der Waals surface area contributed by atoms with E-state index < -0.39 is 25.0 Å². The Morgan fingerprint density at radius 3 is 2.33 bits per heavy atom. The predicted molar refractivity (Wildman–Crippen MR) is 32.6 cm³/mol. The fraction of sp³-hybridized carbons (Fsp3) is 0.500. The molecule has 0 saturated heterocycles. The van der Waals surface area contributed by atoms with E-state index in [0.29, 0.717) is 6.08 Å². The first kappa shape index (κ1) is 10.8. The molecule has 70 valence electrons. The number of hydrogen-bond donors (Lipinski definition) is 1. The maximum Gasteiger partial charge on any atom is 0.389 e. The van der Waals surface area contributed by atoms with Crippen molar-refractivity contribution in [1.82, 2.24) is 0 Å². The molecule has 0 bridgehead atoms. The van der Waals surface area contributed by atoms with E-state index in [1.165, 1.54) is 0 Å². The lowest BCUT2D eigenvalue weighted by atomic mass is 10.2. The van der Waals surface area contributed by atoms with Crippen LogP contribution in [0.25, 0.3) is 0 Å². The molecular weight excluding hydrogens is 175 g/mol. The van der Waals surface area contributed by atoms with Crippen LogP contribution in [0, 0.1) is 0 Å². The van der Waals surface area contributed by atoms with Crippen molar-refractivity contribution in [2.75, 3.05) is 0 Å². The molecule has 3 nitrogen and oxygen atoms in total. The normalized spacial score (nSPS) is 13.1. The van der Waals surface area contributed by atoms with Crippen LogP contribution in [0.15, 0.2) is 11.8 Å². The lowest BCUT2D eigenvalue weighted by Gasteiger charge is -2.05. The highest BCUT2D eigenvalue weighted by Gasteiger charge is 2.26. The summed E-state index contributed by atoms with van der Waals surface area (Å²) in [5.41, 5.74) is 4.58. The van der Waals surface area contributed by atoms with Gasteiger partial charge in [0.15, 0.2) is 0 Å². The number of halogens is 3. The summed E-state index contributed by atoms with van der Waals surface area (Å²) in [7, 11) is 0. The number of carboxylic acids is 1. The van der Waals surface area contributed by atoms with E-state index in [9.17, 15) is 23.1 Å². The monoisotopic (exact) mass is 182 g/mol. The maximum atomic E-state index is 11.5. The van der Waals surface area contributed by atoms with E-state index in [1.54, 1.807) is 0 Å². The number of carbonyl (C=O) groups excluding carboxylic acids is 1. The van der Waals surface area contributed by atoms with Gasteiger partial charge in [-0.25, -0.2) is 0 Å². The van der Waals surface area contributed by atoms with Gasteiger partial charge in [0.2, 0.25) is 0 Å². The SMILES string of the molecule is N/C(=C\C(=O)[O-])CCC(F)(F)F. The summed E-state index contributed by atoms with van der Waals surface area (Å²) in [5, 5.41) is 9.79. The van der Waals surface area contributed by atoms with Gasteiger partial charge in [-0.15, -0.1) is 0 Å². The minimum Gasteiger partial charge on any atom is -0.545 e. The fourth-order valence-corrected chi connectivity index (χ4v) is 0.510. The molecule has 2 N–H and O–H groups in total. The molecule has 0 aromatic carbocycles. The molecule has 0 spiro atoms. The van der Waals surface area contributed by atoms with Crippen LogP contribution in [-0.4, -0.2) is 12.1 Å². The topological polar surface area (TPSA) is 66.2 Å². The summed E-state index contributed by atoms with van der Waals surface area (Å²) in [6, 6.07) is 0. The van der Waals surface area contributed by atoms with Crippen molar-refractivity contribution < 1.29 is 23.1 Å². The highest BCUT2D eigenvalue weighted by molar-refractivity contribution is 5.78. The van der Waals surface area contributed by atoms with Gasteiger partial charge >= 0.3 is 6.18 Å². The summed E-state index contributed by atoms with van der Waals surface area (Å²) in [6.07, 6.45) is -5.50. The van der Waals surface area contributed by atoms with Crippen LogP contribution < -0.4 is 10.8 Å². The van der Waals surface area contributed by atoms with Crippen molar-refractivity contribution in [2.45, 2.75) is 19.0 Å². The molecule has 0 unspecified atom stereocenters. The largest absolute Gasteiger partial charge is 0.545 e. The Bertz CT molecular complexity index is 197. The number of nitrogens with two attached hydrogens (primary N) is 1. The Kier molecular flexibility index (Phi) is 3.59. The molecule has 0 aromatic heterocycles. The predicted octanol–water partition coefficient (Wildman–Crippen LogP) is -0.0786. The van der Waals surface area contributed by atoms with Crippen LogP contribution in [0.3, 0.4) is 0 Å². The Hall–Kier alpha value is -1.20. The Morgan fingerprint density at radius 1 is 1.50 bits per heavy atom. The van der Waals surface area contributed by atoms with Crippen LogP contribution in [0.5, 0.6) is 0 Å². The van der Waals surface area contributed by atoms with Crippen molar-refractivity contribution in [1.29, 1.82) is 0 Å². The first-order valence-electron chi connectivity index (χ1n) is 3.05. The fourth-order valence-electron chi connectivity index (χ4n) is 0.510. The first-order chi connectivity index (χ1) is 5.31. The number of rotatable bonds is 3. The van der Waals surface area contributed by atoms with Crippen LogP contribution in [0.4, 0.5) is 13.2 Å². The molecular formula is C6H7F3NO2-. The van der Waals surface area contributed by atoms with Crippen LogP contribution in [0.2, 0.25) is 0 Å². The van der Waals surface area contributed by atoms with Gasteiger partial charge in [0.05, 0.1) is 5.97 Å². The van der Waals surface area contributed by atoms with Gasteiger partial charge in [-0.2, -0.15) is 13.2 Å². The molecule has 6 heteroatoms. The second-order valence-corrected chi connectivity index (χ2v) is 2.15. The zero-order chi connectivity index (χ0) is 9.78. The van der Waals surface area contributed by atoms with Crippen molar-refractivity contribution in [2.24, 2.45) is 5.73 Å². The van der Waals surface area contributed by atoms with Gasteiger partial charge in [0.1, 0.15) is 0 Å². The molecule has 0 fully saturated rings. The van der Waals surface area contributed by atoms with E-state index in [-0.39, 0.29) is 5.70 Å². The lowest BCUT2D eigenvalue weighted by Crippen LogP contribution is -2.21. The zero-order valence-corrected chi connectivity index (χ0v) is 6.02. The Morgan fingerprint density at radius 2 is 2.00 bits per heavy atom. The molecule has 0 amide bonds. The van der Waals surface area contributed by atoms with Crippen LogP contribution in [-0.2, 0) is 4.79 Å². The molecule has 0 saturated carbocycles. The van der Waals surface area contributed by atoms with E-state index in [0.717, 1.165) is 0 Å². The van der Waals surface area contributed by atoms with E-state index in [4.69, 9.17) is 5.73 Å². The molecule has 0 aliphatic heterocycles. The third-order valence-electron chi connectivity index (χ3n) is 1.00. The van der Waals surface area contributed by atoms with Gasteiger partial charge in [-0.3, -0.25) is 0 Å². The number of allylic oxidation sites excluding steroid dienone is 1. The smallest absolute Gasteiger partial charge is 0.389 e. The van der Waals surface area contributed by atoms with E-state index >= 15 is 0 Å². The Labute approximate surface area is 66.7 Å². The summed E-state index contributed by atoms with van der Waals surface area (Å²) in [6.45, 7) is 0. The second kappa shape index (κ2) is 3.99. The molecule has 0 atom stereocenters. The van der Waals surface area contributed by atoms with Crippen molar-refractivity contribution in [3.63, 3.8) is 0 Å². The number of aliphatic carboxylic acids is 1. The average Bonchev–Trinajstić information content (AvgIpc) is 1.80. The minimum absolute atomic E-state index is 0.340. The van der Waals surface area contributed by atoms with Gasteiger partial charge < -0.3 is 15.6 Å². The standard InChI is InChI=1S/C6H8F3NO2/c7-6(8,9)2-1-4(10)3-5(11)12/h3H,1-2,10H2,(H,11,12)/p-1/b4-3-. The minimum atomic E-state index is -4.32. The van der Waals surface area contributed by atoms with Gasteiger partial charge in [-0.1, -0.05) is 0 Å². The number of carbonyl (C=O) groups is 1. The third kappa shape index (κ3) is 6.91. The average molecular weight is 182 g/mol. The number of carboxylic acid groups (broad SMARTS) is 1. The molecule has 12 heavy (non-hydrogen) atoms. The second-order valence-electron chi connectivity index (χ2n) is 2.15. The van der Waals surface area contributed by atoms with Crippen molar-refractivity contribution >= 4 is 5.97 Å². The highest BCUT2D eigenvalue weighted by Crippen LogP contribution is 2.22. The van der Waals surface area contributed by atoms with E-state index in [2.05, 4.69) is 0 Å². The Balaban J connectivity index is 3.87. The quantitative estimate of drug-likeness (QED) is 0.621. The van der Waals surface area contributed by atoms with Crippen molar-refractivity contribution in [3.8, 4) is 0 Å².